The summed E-state index contributed by atoms with van der Waals surface area (Å²) in [5.41, 5.74) is 0.811. The van der Waals surface area contributed by atoms with Crippen molar-refractivity contribution < 1.29 is 32.3 Å². The van der Waals surface area contributed by atoms with Crippen molar-refractivity contribution in [2.24, 2.45) is 5.92 Å². The zero-order valence-electron chi connectivity index (χ0n) is 14.7. The predicted octanol–water partition coefficient (Wildman–Crippen LogP) is 3.85. The van der Waals surface area contributed by atoms with Gasteiger partial charge in [-0.2, -0.15) is 0 Å². The summed E-state index contributed by atoms with van der Waals surface area (Å²) in [6.45, 7) is -0.182. The summed E-state index contributed by atoms with van der Waals surface area (Å²) in [7, 11) is 0. The van der Waals surface area contributed by atoms with Gasteiger partial charge in [-0.05, 0) is 47.7 Å². The van der Waals surface area contributed by atoms with Gasteiger partial charge in [0.1, 0.15) is 0 Å². The number of amides is 1. The summed E-state index contributed by atoms with van der Waals surface area (Å²) >= 11 is 0. The second-order valence-corrected chi connectivity index (χ2v) is 6.77. The Morgan fingerprint density at radius 1 is 0.964 bits per heavy atom. The lowest BCUT2D eigenvalue weighted by Crippen LogP contribution is -2.34. The molecule has 4 nitrogen and oxygen atoms in total. The second-order valence-electron chi connectivity index (χ2n) is 6.77. The molecule has 8 heteroatoms. The van der Waals surface area contributed by atoms with Crippen molar-refractivity contribution in [3.63, 3.8) is 0 Å². The molecule has 1 amide bonds. The van der Waals surface area contributed by atoms with Gasteiger partial charge in [0.05, 0.1) is 6.42 Å². The van der Waals surface area contributed by atoms with Gasteiger partial charge in [0.2, 0.25) is 5.91 Å². The molecule has 0 bridgehead atoms. The van der Waals surface area contributed by atoms with Crippen LogP contribution in [0.25, 0.3) is 0 Å². The fourth-order valence-electron chi connectivity index (χ4n) is 3.17. The van der Waals surface area contributed by atoms with Gasteiger partial charge in [0, 0.05) is 19.0 Å². The van der Waals surface area contributed by atoms with E-state index in [1.807, 2.05) is 0 Å². The molecule has 1 aliphatic rings. The number of hydrogen-bond donors (Lipinski definition) is 1. The van der Waals surface area contributed by atoms with Crippen molar-refractivity contribution >= 4 is 11.9 Å². The monoisotopic (exact) mass is 395 g/mol. The van der Waals surface area contributed by atoms with E-state index in [1.54, 1.807) is 0 Å². The minimum absolute atomic E-state index is 0.0791. The molecule has 0 aliphatic heterocycles. The molecule has 0 saturated heterocycles. The standard InChI is InChI=1S/C20H17F4NO3/c21-15-3-1-11(7-17(15)23)10-25(6-5-19(26)27)20(28)14-9-13(14)12-2-4-16(22)18(24)8-12/h1-4,7-8,13-14H,5-6,9-10H2,(H,26,27). The maximum Gasteiger partial charge on any atom is 0.305 e. The molecule has 3 rings (SSSR count). The van der Waals surface area contributed by atoms with Gasteiger partial charge in [0.15, 0.2) is 23.3 Å². The molecule has 0 radical (unpaired) electrons. The third kappa shape index (κ3) is 4.49. The van der Waals surface area contributed by atoms with Crippen LogP contribution < -0.4 is 0 Å². The predicted molar refractivity (Wildman–Crippen MR) is 91.2 cm³/mol. The molecule has 1 N–H and O–H groups in total. The van der Waals surface area contributed by atoms with Crippen LogP contribution in [-0.4, -0.2) is 28.4 Å². The van der Waals surface area contributed by atoms with E-state index in [1.165, 1.54) is 17.0 Å². The fraction of sp³-hybridized carbons (Fsp3) is 0.300. The van der Waals surface area contributed by atoms with Crippen molar-refractivity contribution in [3.8, 4) is 0 Å². The first-order valence-corrected chi connectivity index (χ1v) is 8.65. The van der Waals surface area contributed by atoms with Crippen LogP contribution in [0.1, 0.15) is 29.9 Å². The maximum atomic E-state index is 13.4. The van der Waals surface area contributed by atoms with Gasteiger partial charge in [0.25, 0.3) is 0 Å². The number of aliphatic carboxylic acids is 1. The van der Waals surface area contributed by atoms with Gasteiger partial charge in [-0.25, -0.2) is 17.6 Å². The van der Waals surface area contributed by atoms with Crippen molar-refractivity contribution in [2.75, 3.05) is 6.54 Å². The van der Waals surface area contributed by atoms with Crippen molar-refractivity contribution in [1.82, 2.24) is 4.90 Å². The maximum absolute atomic E-state index is 13.4. The fourth-order valence-corrected chi connectivity index (χ4v) is 3.17. The van der Waals surface area contributed by atoms with E-state index in [4.69, 9.17) is 5.11 Å². The average Bonchev–Trinajstić information content (AvgIpc) is 3.44. The molecule has 0 aromatic heterocycles. The molecule has 28 heavy (non-hydrogen) atoms. The molecule has 0 spiro atoms. The van der Waals surface area contributed by atoms with Gasteiger partial charge in [-0.3, -0.25) is 9.59 Å². The third-order valence-corrected chi connectivity index (χ3v) is 4.74. The number of halogens is 4. The van der Waals surface area contributed by atoms with E-state index in [0.717, 1.165) is 24.3 Å². The number of nitrogens with zero attached hydrogens (tertiary/aromatic N) is 1. The molecule has 0 heterocycles. The SMILES string of the molecule is O=C(O)CCN(Cc1ccc(F)c(F)c1)C(=O)C1CC1c1ccc(F)c(F)c1. The lowest BCUT2D eigenvalue weighted by Gasteiger charge is -2.22. The lowest BCUT2D eigenvalue weighted by molar-refractivity contribution is -0.139. The van der Waals surface area contributed by atoms with Crippen LogP contribution in [0.2, 0.25) is 0 Å². The normalized spacial score (nSPS) is 18.0. The average molecular weight is 395 g/mol. The highest BCUT2D eigenvalue weighted by molar-refractivity contribution is 5.83. The molecular formula is C20H17F4NO3. The number of rotatable bonds is 7. The first-order chi connectivity index (χ1) is 13.3. The Morgan fingerprint density at radius 2 is 1.61 bits per heavy atom. The molecule has 2 aromatic carbocycles. The number of hydrogen-bond acceptors (Lipinski definition) is 2. The Hall–Kier alpha value is -2.90. The molecular weight excluding hydrogens is 378 g/mol. The smallest absolute Gasteiger partial charge is 0.305 e. The van der Waals surface area contributed by atoms with E-state index < -0.39 is 35.2 Å². The number of carboxylic acids is 1. The van der Waals surface area contributed by atoms with E-state index in [-0.39, 0.29) is 31.3 Å². The lowest BCUT2D eigenvalue weighted by atomic mass is 10.1. The Morgan fingerprint density at radius 3 is 2.21 bits per heavy atom. The highest BCUT2D eigenvalue weighted by Crippen LogP contribution is 2.48. The van der Waals surface area contributed by atoms with Crippen molar-refractivity contribution in [1.29, 1.82) is 0 Å². The Labute approximate surface area is 158 Å². The zero-order valence-corrected chi connectivity index (χ0v) is 14.7. The first-order valence-electron chi connectivity index (χ1n) is 8.65. The summed E-state index contributed by atoms with van der Waals surface area (Å²) in [5.74, 6) is -6.31. The van der Waals surface area contributed by atoms with Gasteiger partial charge >= 0.3 is 5.97 Å². The van der Waals surface area contributed by atoms with Crippen LogP contribution in [0.5, 0.6) is 0 Å². The highest BCUT2D eigenvalue weighted by atomic mass is 19.2. The zero-order chi connectivity index (χ0) is 20.4. The van der Waals surface area contributed by atoms with Gasteiger partial charge in [-0.1, -0.05) is 12.1 Å². The van der Waals surface area contributed by atoms with Gasteiger partial charge in [-0.15, -0.1) is 0 Å². The highest BCUT2D eigenvalue weighted by Gasteiger charge is 2.46. The van der Waals surface area contributed by atoms with Gasteiger partial charge < -0.3 is 10.0 Å². The molecule has 1 fully saturated rings. The number of carboxylic acid groups (broad SMARTS) is 1. The Balaban J connectivity index is 1.74. The molecule has 148 valence electrons. The summed E-state index contributed by atoms with van der Waals surface area (Å²) in [6.07, 6.45) is 0.114. The minimum atomic E-state index is -1.10. The quantitative estimate of drug-likeness (QED) is 0.725. The molecule has 2 atom stereocenters. The van der Waals surface area contributed by atoms with Crippen LogP contribution in [0.4, 0.5) is 17.6 Å². The Kier molecular flexibility index (Phi) is 5.67. The topological polar surface area (TPSA) is 57.6 Å². The number of carbonyl (C=O) groups excluding carboxylic acids is 1. The second kappa shape index (κ2) is 8.00. The third-order valence-electron chi connectivity index (χ3n) is 4.74. The van der Waals surface area contributed by atoms with E-state index in [2.05, 4.69) is 0 Å². The summed E-state index contributed by atoms with van der Waals surface area (Å²) in [6, 6.07) is 6.66. The first kappa shape index (κ1) is 19.9. The van der Waals surface area contributed by atoms with Crippen molar-refractivity contribution in [3.05, 3.63) is 70.8 Å². The van der Waals surface area contributed by atoms with E-state index in [9.17, 15) is 27.2 Å². The van der Waals surface area contributed by atoms with Crippen LogP contribution in [0.15, 0.2) is 36.4 Å². The largest absolute Gasteiger partial charge is 0.481 e. The number of carbonyl (C=O) groups is 2. The van der Waals surface area contributed by atoms with Crippen LogP contribution in [-0.2, 0) is 16.1 Å². The number of benzene rings is 2. The van der Waals surface area contributed by atoms with Crippen molar-refractivity contribution in [2.45, 2.75) is 25.3 Å². The van der Waals surface area contributed by atoms with Crippen LogP contribution in [0.3, 0.4) is 0 Å². The van der Waals surface area contributed by atoms with Crippen LogP contribution >= 0.6 is 0 Å². The van der Waals surface area contributed by atoms with Crippen LogP contribution in [0, 0.1) is 29.2 Å². The van der Waals surface area contributed by atoms with E-state index in [0.29, 0.717) is 17.5 Å². The molecule has 2 aromatic rings. The summed E-state index contributed by atoms with van der Waals surface area (Å²) in [5, 5.41) is 8.91. The summed E-state index contributed by atoms with van der Waals surface area (Å²) in [4.78, 5) is 25.0. The molecule has 1 aliphatic carbocycles. The molecule has 1 saturated carbocycles. The minimum Gasteiger partial charge on any atom is -0.481 e. The summed E-state index contributed by atoms with van der Waals surface area (Å²) < 4.78 is 53.0. The Bertz CT molecular complexity index is 918. The molecule has 2 unspecified atom stereocenters. The van der Waals surface area contributed by atoms with E-state index >= 15 is 0 Å².